The number of allylic oxidation sites excluding steroid dienone is 3. The number of likely N-dealkylation sites (N-methyl/N-ethyl adjacent to an activating group) is 1. The summed E-state index contributed by atoms with van der Waals surface area (Å²) in [5.74, 6) is 1.14. The highest BCUT2D eigenvalue weighted by Crippen LogP contribution is 2.26. The number of carbonyl (C=O) groups excluding carboxylic acids is 2. The fourth-order valence-corrected chi connectivity index (χ4v) is 2.81. The average Bonchev–Trinajstić information content (AvgIpc) is 2.94. The third-order valence-corrected chi connectivity index (χ3v) is 4.32. The van der Waals surface area contributed by atoms with Crippen molar-refractivity contribution in [1.82, 2.24) is 10.2 Å². The van der Waals surface area contributed by atoms with E-state index in [4.69, 9.17) is 4.74 Å². The summed E-state index contributed by atoms with van der Waals surface area (Å²) in [6.07, 6.45) is 7.40. The van der Waals surface area contributed by atoms with Gasteiger partial charge in [-0.1, -0.05) is 24.3 Å². The van der Waals surface area contributed by atoms with E-state index in [0.29, 0.717) is 18.1 Å². The second kappa shape index (κ2) is 9.62. The highest BCUT2D eigenvalue weighted by atomic mass is 32.2. The summed E-state index contributed by atoms with van der Waals surface area (Å²) < 4.78 is 5.73. The van der Waals surface area contributed by atoms with Gasteiger partial charge in [0.2, 0.25) is 0 Å². The Balaban J connectivity index is 1.88. The van der Waals surface area contributed by atoms with Gasteiger partial charge in [0.15, 0.2) is 0 Å². The van der Waals surface area contributed by atoms with Crippen LogP contribution in [-0.4, -0.2) is 43.0 Å². The van der Waals surface area contributed by atoms with E-state index in [1.807, 2.05) is 61.4 Å². The molecule has 0 saturated carbocycles. The van der Waals surface area contributed by atoms with Gasteiger partial charge in [-0.25, -0.2) is 4.99 Å². The van der Waals surface area contributed by atoms with Gasteiger partial charge in [0, 0.05) is 7.05 Å². The minimum atomic E-state index is -0.360. The number of hydrogen-bond donors (Lipinski definition) is 1. The lowest BCUT2D eigenvalue weighted by Gasteiger charge is -2.19. The molecule has 1 fully saturated rings. The summed E-state index contributed by atoms with van der Waals surface area (Å²) >= 11 is 0.901. The molecule has 2 rings (SSSR count). The molecule has 0 aromatic heterocycles. The molecule has 7 heteroatoms. The molecule has 0 unspecified atom stereocenters. The van der Waals surface area contributed by atoms with E-state index >= 15 is 0 Å². The summed E-state index contributed by atoms with van der Waals surface area (Å²) in [5.41, 5.74) is 0.828. The molecule has 0 bridgehead atoms. The van der Waals surface area contributed by atoms with Crippen molar-refractivity contribution in [1.29, 1.82) is 0 Å². The number of benzene rings is 1. The van der Waals surface area contributed by atoms with E-state index < -0.39 is 0 Å². The van der Waals surface area contributed by atoms with Crippen molar-refractivity contribution in [2.24, 2.45) is 4.99 Å². The van der Waals surface area contributed by atoms with Gasteiger partial charge in [0.05, 0.1) is 11.4 Å². The molecule has 1 aliphatic heterocycles. The predicted octanol–water partition coefficient (Wildman–Crippen LogP) is 3.44. The second-order valence-electron chi connectivity index (χ2n) is 5.40. The zero-order chi connectivity index (χ0) is 18.9. The molecule has 6 nitrogen and oxygen atoms in total. The lowest BCUT2D eigenvalue weighted by Crippen LogP contribution is -2.23. The number of carbonyl (C=O) groups is 2. The summed E-state index contributed by atoms with van der Waals surface area (Å²) in [4.78, 5) is 29.0. The van der Waals surface area contributed by atoms with Crippen molar-refractivity contribution >= 4 is 35.7 Å². The highest BCUT2D eigenvalue weighted by Gasteiger charge is 2.24. The lowest BCUT2D eigenvalue weighted by atomic mass is 10.2. The van der Waals surface area contributed by atoms with Gasteiger partial charge in [-0.2, -0.15) is 0 Å². The molecule has 0 radical (unpaired) electrons. The minimum Gasteiger partial charge on any atom is -0.492 e. The molecular formula is C19H21N3O3S. The standard InChI is InChI=1S/C19H21N3O3S/c1-4-5-6-17(20-2)22(3)11-12-25-15-9-7-14(8-10-15)13-16-18(23)21-19(24)26-16/h4-10,13H,2,11-12H2,1,3H3,(H,21,23,24). The van der Waals surface area contributed by atoms with Crippen LogP contribution in [0.25, 0.3) is 6.08 Å². The third kappa shape index (κ3) is 5.63. The van der Waals surface area contributed by atoms with Gasteiger partial charge in [-0.15, -0.1) is 0 Å². The Bertz CT molecular complexity index is 767. The number of nitrogens with zero attached hydrogens (tertiary/aromatic N) is 2. The van der Waals surface area contributed by atoms with Crippen LogP contribution in [0.3, 0.4) is 0 Å². The average molecular weight is 371 g/mol. The maximum absolute atomic E-state index is 11.5. The van der Waals surface area contributed by atoms with E-state index in [2.05, 4.69) is 17.0 Å². The number of aliphatic imine (C=N–C) groups is 1. The van der Waals surface area contributed by atoms with Crippen LogP contribution >= 0.6 is 11.8 Å². The number of rotatable bonds is 8. The first-order valence-electron chi connectivity index (χ1n) is 8.02. The maximum Gasteiger partial charge on any atom is 0.290 e. The number of amides is 2. The molecule has 136 valence electrons. The number of ether oxygens (including phenoxy) is 1. The SMILES string of the molecule is C=NC(=CC=CC)N(C)CCOc1ccc(C=C2SC(=O)NC2=O)cc1. The molecule has 26 heavy (non-hydrogen) atoms. The summed E-state index contributed by atoms with van der Waals surface area (Å²) in [6.45, 7) is 6.66. The summed E-state index contributed by atoms with van der Waals surface area (Å²) in [7, 11) is 1.92. The van der Waals surface area contributed by atoms with E-state index in [0.717, 1.165) is 28.9 Å². The van der Waals surface area contributed by atoms with Crippen LogP contribution in [0.1, 0.15) is 12.5 Å². The molecule has 1 heterocycles. The van der Waals surface area contributed by atoms with E-state index in [1.54, 1.807) is 6.08 Å². The fourth-order valence-electron chi connectivity index (χ4n) is 2.13. The number of thioether (sulfide) groups is 1. The van der Waals surface area contributed by atoms with Crippen molar-refractivity contribution in [2.45, 2.75) is 6.92 Å². The van der Waals surface area contributed by atoms with Crippen LogP contribution in [0, 0.1) is 0 Å². The molecule has 1 aliphatic rings. The Morgan fingerprint density at radius 2 is 2.08 bits per heavy atom. The first-order valence-corrected chi connectivity index (χ1v) is 8.83. The Morgan fingerprint density at radius 3 is 2.65 bits per heavy atom. The zero-order valence-electron chi connectivity index (χ0n) is 14.8. The molecular weight excluding hydrogens is 350 g/mol. The van der Waals surface area contributed by atoms with E-state index in [-0.39, 0.29) is 11.1 Å². The summed E-state index contributed by atoms with van der Waals surface area (Å²) in [6, 6.07) is 7.33. The fraction of sp³-hybridized carbons (Fsp3) is 0.211. The molecule has 0 atom stereocenters. The first-order chi connectivity index (χ1) is 12.5. The first kappa shape index (κ1) is 19.5. The molecule has 1 aromatic rings. The predicted molar refractivity (Wildman–Crippen MR) is 106 cm³/mol. The summed E-state index contributed by atoms with van der Waals surface area (Å²) in [5, 5.41) is 1.88. The minimum absolute atomic E-state index is 0.345. The van der Waals surface area contributed by atoms with Crippen LogP contribution in [-0.2, 0) is 4.79 Å². The topological polar surface area (TPSA) is 71.0 Å². The van der Waals surface area contributed by atoms with E-state index in [1.165, 1.54) is 0 Å². The number of hydrogen-bond acceptors (Lipinski definition) is 6. The molecule has 0 aliphatic carbocycles. The van der Waals surface area contributed by atoms with E-state index in [9.17, 15) is 9.59 Å². The van der Waals surface area contributed by atoms with Crippen LogP contribution in [0.4, 0.5) is 4.79 Å². The van der Waals surface area contributed by atoms with Crippen molar-refractivity contribution in [3.05, 3.63) is 58.8 Å². The van der Waals surface area contributed by atoms with Gasteiger partial charge in [0.1, 0.15) is 18.2 Å². The van der Waals surface area contributed by atoms with Crippen molar-refractivity contribution in [3.8, 4) is 5.75 Å². The van der Waals surface area contributed by atoms with Gasteiger partial charge in [0.25, 0.3) is 11.1 Å². The van der Waals surface area contributed by atoms with Gasteiger partial charge in [-0.05, 0) is 55.3 Å². The Morgan fingerprint density at radius 1 is 1.35 bits per heavy atom. The van der Waals surface area contributed by atoms with Gasteiger partial charge < -0.3 is 9.64 Å². The lowest BCUT2D eigenvalue weighted by molar-refractivity contribution is -0.115. The second-order valence-corrected chi connectivity index (χ2v) is 6.41. The normalized spacial score (nSPS) is 16.2. The molecule has 1 aromatic carbocycles. The number of nitrogens with one attached hydrogen (secondary N) is 1. The number of imide groups is 1. The largest absolute Gasteiger partial charge is 0.492 e. The smallest absolute Gasteiger partial charge is 0.290 e. The maximum atomic E-state index is 11.5. The van der Waals surface area contributed by atoms with Crippen LogP contribution in [0.15, 0.2) is 58.2 Å². The van der Waals surface area contributed by atoms with Gasteiger partial charge in [-0.3, -0.25) is 14.9 Å². The van der Waals surface area contributed by atoms with Crippen LogP contribution < -0.4 is 10.1 Å². The van der Waals surface area contributed by atoms with Crippen LogP contribution in [0.2, 0.25) is 0 Å². The zero-order valence-corrected chi connectivity index (χ0v) is 15.6. The quantitative estimate of drug-likeness (QED) is 0.431. The Kier molecular flexibility index (Phi) is 7.23. The van der Waals surface area contributed by atoms with Crippen molar-refractivity contribution < 1.29 is 14.3 Å². The molecule has 0 spiro atoms. The molecule has 2 amide bonds. The van der Waals surface area contributed by atoms with Gasteiger partial charge >= 0.3 is 0 Å². The highest BCUT2D eigenvalue weighted by molar-refractivity contribution is 8.18. The Hall–Kier alpha value is -2.80. The van der Waals surface area contributed by atoms with Crippen molar-refractivity contribution in [2.75, 3.05) is 20.2 Å². The van der Waals surface area contributed by atoms with Crippen molar-refractivity contribution in [3.63, 3.8) is 0 Å². The van der Waals surface area contributed by atoms with Crippen LogP contribution in [0.5, 0.6) is 5.75 Å². The Labute approximate surface area is 157 Å². The molecule has 1 N–H and O–H groups in total. The molecule has 1 saturated heterocycles. The third-order valence-electron chi connectivity index (χ3n) is 3.51. The monoisotopic (exact) mass is 371 g/mol.